The molecule has 0 heterocycles. The SMILES string of the molecule is C=C/C(=C\C=C\C#CS(C)(C)C)OCC(N)=O. The number of ether oxygens (including phenoxy) is 1. The molecule has 0 saturated heterocycles. The molecule has 0 aliphatic carbocycles. The number of hydrogen-bond donors (Lipinski definition) is 1. The zero-order valence-corrected chi connectivity index (χ0v) is 11.3. The zero-order valence-electron chi connectivity index (χ0n) is 10.5. The molecule has 94 valence electrons. The van der Waals surface area contributed by atoms with Gasteiger partial charge in [-0.05, 0) is 37.0 Å². The normalized spacial score (nSPS) is 12.8. The molecule has 0 saturated carbocycles. The summed E-state index contributed by atoms with van der Waals surface area (Å²) in [6.07, 6.45) is 13.0. The van der Waals surface area contributed by atoms with Crippen LogP contribution in [0.1, 0.15) is 0 Å². The maximum Gasteiger partial charge on any atom is 0.255 e. The van der Waals surface area contributed by atoms with E-state index in [1.54, 1.807) is 18.2 Å². The van der Waals surface area contributed by atoms with E-state index in [0.717, 1.165) is 0 Å². The highest BCUT2D eigenvalue weighted by Crippen LogP contribution is 2.31. The van der Waals surface area contributed by atoms with E-state index in [9.17, 15) is 4.79 Å². The Morgan fingerprint density at radius 2 is 2.12 bits per heavy atom. The molecule has 2 N–H and O–H groups in total. The second-order valence-corrected chi connectivity index (χ2v) is 7.85. The van der Waals surface area contributed by atoms with Gasteiger partial charge in [0.25, 0.3) is 5.91 Å². The van der Waals surface area contributed by atoms with Crippen molar-refractivity contribution in [2.45, 2.75) is 0 Å². The van der Waals surface area contributed by atoms with Crippen LogP contribution < -0.4 is 5.73 Å². The lowest BCUT2D eigenvalue weighted by atomic mass is 10.4. The molecular formula is C13H19NO2S. The standard InChI is InChI=1S/C13H19NO2S/c1-5-12(16-11-13(14)15)9-7-6-8-10-17(2,3)4/h5-7,9H,1,11H2,2-4H3,(H2,14,15)/b7-6+,12-9+. The molecule has 0 aromatic carbocycles. The first-order chi connectivity index (χ1) is 7.85. The number of nitrogens with two attached hydrogens (primary N) is 1. The van der Waals surface area contributed by atoms with Gasteiger partial charge in [0.2, 0.25) is 0 Å². The lowest BCUT2D eigenvalue weighted by Gasteiger charge is -2.14. The number of primary amides is 1. The first kappa shape index (κ1) is 15.4. The van der Waals surface area contributed by atoms with E-state index in [4.69, 9.17) is 10.5 Å². The molecule has 0 aromatic rings. The van der Waals surface area contributed by atoms with Gasteiger partial charge in [-0.3, -0.25) is 4.79 Å². The Labute approximate surface area is 105 Å². The van der Waals surface area contributed by atoms with Crippen LogP contribution in [0.2, 0.25) is 0 Å². The summed E-state index contributed by atoms with van der Waals surface area (Å²) in [5.74, 6) is 2.92. The Hall–Kier alpha value is -1.60. The fourth-order valence-corrected chi connectivity index (χ4v) is 1.15. The van der Waals surface area contributed by atoms with Crippen LogP contribution in [-0.4, -0.2) is 31.3 Å². The quantitative estimate of drug-likeness (QED) is 0.461. The van der Waals surface area contributed by atoms with Gasteiger partial charge in [0.05, 0.1) is 0 Å². The highest BCUT2D eigenvalue weighted by Gasteiger charge is 1.95. The number of rotatable bonds is 5. The Morgan fingerprint density at radius 3 is 2.59 bits per heavy atom. The largest absolute Gasteiger partial charge is 0.484 e. The van der Waals surface area contributed by atoms with Gasteiger partial charge >= 0.3 is 0 Å². The highest BCUT2D eigenvalue weighted by molar-refractivity contribution is 8.35. The van der Waals surface area contributed by atoms with E-state index in [1.807, 2.05) is 0 Å². The van der Waals surface area contributed by atoms with Crippen molar-refractivity contribution in [1.29, 1.82) is 0 Å². The molecule has 3 nitrogen and oxygen atoms in total. The molecule has 0 radical (unpaired) electrons. The molecule has 17 heavy (non-hydrogen) atoms. The van der Waals surface area contributed by atoms with Crippen LogP contribution in [0, 0.1) is 11.2 Å². The van der Waals surface area contributed by atoms with E-state index in [1.165, 1.54) is 6.08 Å². The maximum atomic E-state index is 10.5. The minimum Gasteiger partial charge on any atom is -0.484 e. The van der Waals surface area contributed by atoms with Crippen molar-refractivity contribution in [2.24, 2.45) is 5.73 Å². The molecule has 0 aliphatic heterocycles. The summed E-state index contributed by atoms with van der Waals surface area (Å²) in [5, 5.41) is 3.14. The van der Waals surface area contributed by atoms with Gasteiger partial charge in [0, 0.05) is 0 Å². The molecule has 1 amide bonds. The second-order valence-electron chi connectivity index (χ2n) is 3.97. The predicted molar refractivity (Wildman–Crippen MR) is 75.7 cm³/mol. The number of carbonyl (C=O) groups is 1. The lowest BCUT2D eigenvalue weighted by Crippen LogP contribution is -2.17. The summed E-state index contributed by atoms with van der Waals surface area (Å²) in [5.41, 5.74) is 4.96. The van der Waals surface area contributed by atoms with Crippen LogP contribution in [0.5, 0.6) is 0 Å². The van der Waals surface area contributed by atoms with E-state index in [0.29, 0.717) is 5.76 Å². The number of carbonyl (C=O) groups excluding carboxylic acids is 1. The van der Waals surface area contributed by atoms with Gasteiger partial charge in [-0.15, -0.1) is 0 Å². The fourth-order valence-electron chi connectivity index (χ4n) is 0.731. The molecule has 0 aliphatic rings. The Bertz CT molecular complexity index is 392. The third-order valence-corrected chi connectivity index (χ3v) is 2.12. The summed E-state index contributed by atoms with van der Waals surface area (Å²) in [6.45, 7) is 3.42. The third kappa shape index (κ3) is 10.7. The first-order valence-corrected chi connectivity index (χ1v) is 7.82. The first-order valence-electron chi connectivity index (χ1n) is 4.96. The average molecular weight is 253 g/mol. The summed E-state index contributed by atoms with van der Waals surface area (Å²) < 4.78 is 5.07. The minimum atomic E-state index is -0.798. The van der Waals surface area contributed by atoms with Crippen molar-refractivity contribution in [3.63, 3.8) is 0 Å². The van der Waals surface area contributed by atoms with E-state index in [2.05, 4.69) is 36.5 Å². The monoisotopic (exact) mass is 253 g/mol. The topological polar surface area (TPSA) is 52.3 Å². The van der Waals surface area contributed by atoms with Crippen LogP contribution in [0.3, 0.4) is 0 Å². The van der Waals surface area contributed by atoms with Gasteiger partial charge in [-0.25, -0.2) is 0 Å². The molecule has 0 bridgehead atoms. The van der Waals surface area contributed by atoms with Crippen LogP contribution in [0.4, 0.5) is 0 Å². The lowest BCUT2D eigenvalue weighted by molar-refractivity contribution is -0.121. The third-order valence-electron chi connectivity index (χ3n) is 1.39. The summed E-state index contributed by atoms with van der Waals surface area (Å²) in [6, 6.07) is 0. The van der Waals surface area contributed by atoms with Gasteiger partial charge in [-0.2, -0.15) is 10.0 Å². The predicted octanol–water partition coefficient (Wildman–Crippen LogP) is 1.77. The zero-order chi connectivity index (χ0) is 13.3. The van der Waals surface area contributed by atoms with Crippen molar-refractivity contribution in [3.05, 3.63) is 36.6 Å². The molecule has 0 fully saturated rings. The van der Waals surface area contributed by atoms with Crippen molar-refractivity contribution in [3.8, 4) is 11.2 Å². The average Bonchev–Trinajstić information content (AvgIpc) is 2.20. The number of allylic oxidation sites excluding steroid dienone is 4. The smallest absolute Gasteiger partial charge is 0.255 e. The molecule has 0 aromatic heterocycles. The van der Waals surface area contributed by atoms with Crippen LogP contribution in [0.15, 0.2) is 36.6 Å². The number of amides is 1. The summed E-state index contributed by atoms with van der Waals surface area (Å²) >= 11 is 0. The maximum absolute atomic E-state index is 10.5. The molecule has 0 spiro atoms. The Morgan fingerprint density at radius 1 is 1.47 bits per heavy atom. The minimum absolute atomic E-state index is 0.149. The van der Waals surface area contributed by atoms with Crippen LogP contribution in [0.25, 0.3) is 0 Å². The summed E-state index contributed by atoms with van der Waals surface area (Å²) in [4.78, 5) is 10.5. The van der Waals surface area contributed by atoms with E-state index < -0.39 is 15.9 Å². The van der Waals surface area contributed by atoms with Crippen LogP contribution >= 0.6 is 10.0 Å². The molecular weight excluding hydrogens is 234 g/mol. The van der Waals surface area contributed by atoms with Crippen molar-refractivity contribution < 1.29 is 9.53 Å². The van der Waals surface area contributed by atoms with E-state index in [-0.39, 0.29) is 6.61 Å². The van der Waals surface area contributed by atoms with Crippen molar-refractivity contribution in [2.75, 3.05) is 25.4 Å². The van der Waals surface area contributed by atoms with Crippen molar-refractivity contribution in [1.82, 2.24) is 0 Å². The van der Waals surface area contributed by atoms with Gasteiger partial charge in [-0.1, -0.05) is 23.8 Å². The van der Waals surface area contributed by atoms with E-state index >= 15 is 0 Å². The van der Waals surface area contributed by atoms with Gasteiger partial charge in [0.1, 0.15) is 5.76 Å². The highest BCUT2D eigenvalue weighted by atomic mass is 32.3. The Balaban J connectivity index is 4.35. The van der Waals surface area contributed by atoms with Gasteiger partial charge in [0.15, 0.2) is 6.61 Å². The van der Waals surface area contributed by atoms with Crippen molar-refractivity contribution >= 4 is 15.9 Å². The Kier molecular flexibility index (Phi) is 6.92. The van der Waals surface area contributed by atoms with Crippen LogP contribution in [-0.2, 0) is 9.53 Å². The summed E-state index contributed by atoms with van der Waals surface area (Å²) in [7, 11) is -0.798. The second kappa shape index (κ2) is 7.64. The molecule has 0 atom stereocenters. The molecule has 4 heteroatoms. The molecule has 0 rings (SSSR count). The molecule has 0 unspecified atom stereocenters. The van der Waals surface area contributed by atoms with Gasteiger partial charge < -0.3 is 10.5 Å². The number of hydrogen-bond acceptors (Lipinski definition) is 2. The fraction of sp³-hybridized carbons (Fsp3) is 0.308.